The van der Waals surface area contributed by atoms with Crippen LogP contribution in [0.1, 0.15) is 24.2 Å². The topological polar surface area (TPSA) is 44.8 Å². The van der Waals surface area contributed by atoms with Crippen molar-refractivity contribution in [2.75, 3.05) is 6.79 Å². The number of esters is 1. The van der Waals surface area contributed by atoms with Crippen LogP contribution in [-0.4, -0.2) is 12.8 Å². The fourth-order valence-corrected chi connectivity index (χ4v) is 2.55. The first kappa shape index (κ1) is 15.4. The van der Waals surface area contributed by atoms with Crippen molar-refractivity contribution in [2.24, 2.45) is 0 Å². The summed E-state index contributed by atoms with van der Waals surface area (Å²) in [6.07, 6.45) is 2.63. The van der Waals surface area contributed by atoms with Gasteiger partial charge in [-0.2, -0.15) is 0 Å². The molecule has 4 nitrogen and oxygen atoms in total. The highest BCUT2D eigenvalue weighted by atomic mass is 35.5. The lowest BCUT2D eigenvalue weighted by molar-refractivity contribution is -0.142. The minimum Gasteiger partial charge on any atom is -0.455 e. The second-order valence-electron chi connectivity index (χ2n) is 5.05. The molecule has 5 heteroatoms. The van der Waals surface area contributed by atoms with E-state index in [1.807, 2.05) is 30.3 Å². The van der Waals surface area contributed by atoms with Crippen molar-refractivity contribution in [3.05, 3.63) is 64.7 Å². The van der Waals surface area contributed by atoms with Gasteiger partial charge in [-0.3, -0.25) is 0 Å². The fraction of sp³-hybridized carbons (Fsp3) is 0.167. The zero-order chi connectivity index (χ0) is 16.2. The molecule has 1 atom stereocenters. The second kappa shape index (κ2) is 6.75. The van der Waals surface area contributed by atoms with Gasteiger partial charge in [0.15, 0.2) is 11.5 Å². The van der Waals surface area contributed by atoms with Crippen LogP contribution in [0.5, 0.6) is 11.5 Å². The molecule has 0 aliphatic carbocycles. The maximum absolute atomic E-state index is 11.9. The molecule has 0 saturated heterocycles. The molecule has 0 N–H and O–H groups in total. The number of ether oxygens (including phenoxy) is 3. The molecule has 3 rings (SSSR count). The summed E-state index contributed by atoms with van der Waals surface area (Å²) >= 11 is 6.09. The van der Waals surface area contributed by atoms with Crippen LogP contribution >= 0.6 is 11.6 Å². The van der Waals surface area contributed by atoms with Gasteiger partial charge in [-0.15, -0.1) is 0 Å². The van der Waals surface area contributed by atoms with Gasteiger partial charge in [-0.05, 0) is 36.8 Å². The van der Waals surface area contributed by atoms with Crippen molar-refractivity contribution < 1.29 is 19.0 Å². The summed E-state index contributed by atoms with van der Waals surface area (Å²) in [5.41, 5.74) is 1.61. The molecule has 23 heavy (non-hydrogen) atoms. The Kier molecular flexibility index (Phi) is 4.53. The van der Waals surface area contributed by atoms with E-state index in [0.29, 0.717) is 16.5 Å². The molecule has 0 amide bonds. The van der Waals surface area contributed by atoms with Crippen LogP contribution in [0.2, 0.25) is 5.02 Å². The highest BCUT2D eigenvalue weighted by Gasteiger charge is 2.14. The molecule has 0 unspecified atom stereocenters. The summed E-state index contributed by atoms with van der Waals surface area (Å²) in [6, 6.07) is 12.7. The average Bonchev–Trinajstić information content (AvgIpc) is 3.01. The van der Waals surface area contributed by atoms with Gasteiger partial charge in [0, 0.05) is 16.7 Å². The quantitative estimate of drug-likeness (QED) is 0.616. The molecule has 2 aromatic carbocycles. The molecule has 0 spiro atoms. The maximum atomic E-state index is 11.9. The largest absolute Gasteiger partial charge is 0.455 e. The van der Waals surface area contributed by atoms with Crippen molar-refractivity contribution in [3.8, 4) is 11.5 Å². The van der Waals surface area contributed by atoms with E-state index in [1.54, 1.807) is 25.1 Å². The minimum absolute atomic E-state index is 0.222. The Morgan fingerprint density at radius 2 is 2.00 bits per heavy atom. The molecule has 0 bridgehead atoms. The van der Waals surface area contributed by atoms with Crippen molar-refractivity contribution in [2.45, 2.75) is 13.0 Å². The number of halogens is 1. The van der Waals surface area contributed by atoms with Crippen LogP contribution in [0.15, 0.2) is 48.5 Å². The third-order valence-corrected chi connectivity index (χ3v) is 3.79. The third-order valence-electron chi connectivity index (χ3n) is 3.44. The summed E-state index contributed by atoms with van der Waals surface area (Å²) in [6.45, 7) is 2.01. The molecule has 1 aliphatic heterocycles. The predicted octanol–water partition coefficient (Wildman–Crippen LogP) is 4.39. The third kappa shape index (κ3) is 3.66. The smallest absolute Gasteiger partial charge is 0.331 e. The van der Waals surface area contributed by atoms with E-state index in [4.69, 9.17) is 25.8 Å². The van der Waals surface area contributed by atoms with E-state index in [2.05, 4.69) is 0 Å². The fourth-order valence-electron chi connectivity index (χ4n) is 2.26. The lowest BCUT2D eigenvalue weighted by Crippen LogP contribution is -2.06. The van der Waals surface area contributed by atoms with Crippen molar-refractivity contribution in [1.29, 1.82) is 0 Å². The molecule has 0 aromatic heterocycles. The summed E-state index contributed by atoms with van der Waals surface area (Å²) in [5, 5.41) is 0.576. The van der Waals surface area contributed by atoms with Gasteiger partial charge in [-0.1, -0.05) is 35.9 Å². The number of fused-ring (bicyclic) bond motifs is 1. The first-order chi connectivity index (χ1) is 11.1. The van der Waals surface area contributed by atoms with Crippen LogP contribution in [-0.2, 0) is 9.53 Å². The Bertz CT molecular complexity index is 754. The molecule has 1 heterocycles. The van der Waals surface area contributed by atoms with E-state index >= 15 is 0 Å². The van der Waals surface area contributed by atoms with Gasteiger partial charge >= 0.3 is 5.97 Å². The zero-order valence-corrected chi connectivity index (χ0v) is 13.2. The van der Waals surface area contributed by atoms with Crippen LogP contribution in [0.4, 0.5) is 0 Å². The summed E-state index contributed by atoms with van der Waals surface area (Å²) in [7, 11) is 0. The van der Waals surface area contributed by atoms with Gasteiger partial charge in [0.25, 0.3) is 0 Å². The highest BCUT2D eigenvalue weighted by molar-refractivity contribution is 6.31. The molecular formula is C18H15ClO4. The van der Waals surface area contributed by atoms with E-state index in [-0.39, 0.29) is 6.79 Å². The van der Waals surface area contributed by atoms with Crippen molar-refractivity contribution in [3.63, 3.8) is 0 Å². The lowest BCUT2D eigenvalue weighted by atomic mass is 10.1. The van der Waals surface area contributed by atoms with E-state index in [1.165, 1.54) is 6.08 Å². The normalized spacial score (nSPS) is 14.0. The van der Waals surface area contributed by atoms with Crippen molar-refractivity contribution in [1.82, 2.24) is 0 Å². The molecular weight excluding hydrogens is 316 g/mol. The van der Waals surface area contributed by atoms with E-state index in [9.17, 15) is 4.79 Å². The molecule has 0 fully saturated rings. The van der Waals surface area contributed by atoms with Gasteiger partial charge < -0.3 is 14.2 Å². The Labute approximate surface area is 139 Å². The number of rotatable bonds is 4. The molecule has 2 aromatic rings. The number of carbonyl (C=O) groups excluding carboxylic acids is 1. The SMILES string of the molecule is C[C@@H](OC(=O)/C=C/c1ccc2c(c1)OCO2)c1ccccc1Cl. The molecule has 1 aliphatic rings. The van der Waals surface area contributed by atoms with Gasteiger partial charge in [0.05, 0.1) is 0 Å². The van der Waals surface area contributed by atoms with Crippen molar-refractivity contribution >= 4 is 23.6 Å². The van der Waals surface area contributed by atoms with Gasteiger partial charge in [-0.25, -0.2) is 4.79 Å². The summed E-state index contributed by atoms with van der Waals surface area (Å²) in [4.78, 5) is 11.9. The highest BCUT2D eigenvalue weighted by Crippen LogP contribution is 2.32. The van der Waals surface area contributed by atoms with Crippen LogP contribution < -0.4 is 9.47 Å². The predicted molar refractivity (Wildman–Crippen MR) is 87.6 cm³/mol. The zero-order valence-electron chi connectivity index (χ0n) is 12.5. The Morgan fingerprint density at radius 1 is 1.22 bits per heavy atom. The monoisotopic (exact) mass is 330 g/mol. The van der Waals surface area contributed by atoms with Gasteiger partial charge in [0.1, 0.15) is 6.10 Å². The maximum Gasteiger partial charge on any atom is 0.331 e. The first-order valence-electron chi connectivity index (χ1n) is 7.16. The molecule has 118 valence electrons. The lowest BCUT2D eigenvalue weighted by Gasteiger charge is -2.13. The Morgan fingerprint density at radius 3 is 2.83 bits per heavy atom. The van der Waals surface area contributed by atoms with E-state index < -0.39 is 12.1 Å². The minimum atomic E-state index is -0.435. The van der Waals surface area contributed by atoms with E-state index in [0.717, 1.165) is 11.1 Å². The average molecular weight is 331 g/mol. The summed E-state index contributed by atoms with van der Waals surface area (Å²) < 4.78 is 15.9. The van der Waals surface area contributed by atoms with Gasteiger partial charge in [0.2, 0.25) is 6.79 Å². The van der Waals surface area contributed by atoms with Crippen LogP contribution in [0.3, 0.4) is 0 Å². The Balaban J connectivity index is 1.64. The van der Waals surface area contributed by atoms with Crippen LogP contribution in [0, 0.1) is 0 Å². The Hall–Kier alpha value is -2.46. The molecule has 0 saturated carbocycles. The number of benzene rings is 2. The second-order valence-corrected chi connectivity index (χ2v) is 5.45. The first-order valence-corrected chi connectivity index (χ1v) is 7.54. The molecule has 0 radical (unpaired) electrons. The van der Waals surface area contributed by atoms with Crippen LogP contribution in [0.25, 0.3) is 6.08 Å². The summed E-state index contributed by atoms with van der Waals surface area (Å²) in [5.74, 6) is 0.942. The number of carbonyl (C=O) groups is 1. The standard InChI is InChI=1S/C18H15ClO4/c1-12(14-4-2-3-5-15(14)19)23-18(20)9-7-13-6-8-16-17(10-13)22-11-21-16/h2-10,12H,11H2,1H3/b9-7+/t12-/m1/s1. The number of hydrogen-bond donors (Lipinski definition) is 0. The number of hydrogen-bond acceptors (Lipinski definition) is 4.